The van der Waals surface area contributed by atoms with Gasteiger partial charge in [0, 0.05) is 12.6 Å². The fourth-order valence-corrected chi connectivity index (χ4v) is 4.68. The Morgan fingerprint density at radius 2 is 1.78 bits per heavy atom. The summed E-state index contributed by atoms with van der Waals surface area (Å²) in [6.07, 6.45) is 6.66. The molecule has 1 saturated carbocycles. The van der Waals surface area contributed by atoms with E-state index in [0.29, 0.717) is 16.8 Å². The third-order valence-corrected chi connectivity index (χ3v) is 6.70. The molecular formula is C30H28FN3O2. The van der Waals surface area contributed by atoms with Gasteiger partial charge in [0.05, 0.1) is 17.5 Å². The number of carbonyl (C=O) groups excluding carboxylic acids is 1. The fraction of sp³-hybridized carbons (Fsp3) is 0.200. The van der Waals surface area contributed by atoms with Gasteiger partial charge in [0.2, 0.25) is 11.9 Å². The number of aromatic nitrogens is 2. The number of aromatic amines is 1. The molecule has 0 saturated heterocycles. The van der Waals surface area contributed by atoms with Crippen molar-refractivity contribution in [2.45, 2.75) is 19.3 Å². The maximum absolute atomic E-state index is 14.4. The highest BCUT2D eigenvalue weighted by Gasteiger charge is 2.27. The molecule has 0 aliphatic heterocycles. The number of amides is 1. The zero-order valence-corrected chi connectivity index (χ0v) is 19.9. The Morgan fingerprint density at radius 3 is 2.47 bits per heavy atom. The molecule has 4 aromatic rings. The first-order valence-electron chi connectivity index (χ1n) is 12.2. The second-order valence-corrected chi connectivity index (χ2v) is 9.02. The van der Waals surface area contributed by atoms with Crippen LogP contribution < -0.4 is 5.32 Å². The van der Waals surface area contributed by atoms with Crippen molar-refractivity contribution >= 4 is 34.0 Å². The molecule has 6 heteroatoms. The Bertz CT molecular complexity index is 1420. The van der Waals surface area contributed by atoms with Crippen molar-refractivity contribution < 1.29 is 14.3 Å². The van der Waals surface area contributed by atoms with Crippen LogP contribution in [-0.4, -0.2) is 34.4 Å². The lowest BCUT2D eigenvalue weighted by Gasteiger charge is -2.31. The van der Waals surface area contributed by atoms with E-state index in [1.165, 1.54) is 23.6 Å². The van der Waals surface area contributed by atoms with Crippen LogP contribution >= 0.6 is 0 Å². The van der Waals surface area contributed by atoms with Crippen LogP contribution in [0.5, 0.6) is 0 Å². The zero-order valence-electron chi connectivity index (χ0n) is 19.9. The lowest BCUT2D eigenvalue weighted by atomic mass is 9.73. The van der Waals surface area contributed by atoms with E-state index in [9.17, 15) is 9.18 Å². The van der Waals surface area contributed by atoms with Gasteiger partial charge in [0.1, 0.15) is 0 Å². The molecule has 5 nitrogen and oxygen atoms in total. The molecule has 1 aliphatic rings. The molecule has 3 N–H and O–H groups in total. The zero-order chi connectivity index (χ0) is 24.9. The molecule has 1 heterocycles. The number of hydrogen-bond acceptors (Lipinski definition) is 3. The van der Waals surface area contributed by atoms with Crippen LogP contribution in [0.4, 0.5) is 4.39 Å². The molecule has 1 fully saturated rings. The average molecular weight is 482 g/mol. The molecule has 1 aromatic heterocycles. The molecule has 0 spiro atoms. The van der Waals surface area contributed by atoms with Crippen LogP contribution in [0.15, 0.2) is 78.9 Å². The topological polar surface area (TPSA) is 78.0 Å². The van der Waals surface area contributed by atoms with Gasteiger partial charge >= 0.3 is 0 Å². The second-order valence-electron chi connectivity index (χ2n) is 9.02. The van der Waals surface area contributed by atoms with E-state index in [1.54, 1.807) is 6.08 Å². The summed E-state index contributed by atoms with van der Waals surface area (Å²) in [7, 11) is 0. The Hall–Kier alpha value is -4.03. The van der Waals surface area contributed by atoms with E-state index < -0.39 is 5.95 Å². The van der Waals surface area contributed by atoms with Gasteiger partial charge < -0.3 is 10.4 Å². The number of nitrogens with one attached hydrogen (secondary N) is 2. The van der Waals surface area contributed by atoms with E-state index in [2.05, 4.69) is 51.9 Å². The van der Waals surface area contributed by atoms with Gasteiger partial charge in [0.15, 0.2) is 0 Å². The molecule has 0 unspecified atom stereocenters. The number of halogens is 1. The standard InChI is InChI=1S/C30H28FN3O2/c31-30-25-19-24(14-15-26(25)33-34-30)29(28(22-7-4-8-22)21-5-2-1-3-6-21)23-12-9-20(10-13-23)11-16-27(36)32-17-18-35/h1-3,5-6,9-16,19,22,35H,4,7-8,17-18H2,(H,32,36)(H,33,34)/b16-11+,29-28-. The van der Waals surface area contributed by atoms with Gasteiger partial charge in [-0.15, -0.1) is 0 Å². The summed E-state index contributed by atoms with van der Waals surface area (Å²) in [5, 5.41) is 18.4. The van der Waals surface area contributed by atoms with Crippen molar-refractivity contribution in [1.82, 2.24) is 15.5 Å². The van der Waals surface area contributed by atoms with Crippen molar-refractivity contribution in [3.8, 4) is 0 Å². The minimum absolute atomic E-state index is 0.0946. The lowest BCUT2D eigenvalue weighted by molar-refractivity contribution is -0.116. The number of aliphatic hydroxyl groups is 1. The monoisotopic (exact) mass is 481 g/mol. The summed E-state index contributed by atoms with van der Waals surface area (Å²) in [6, 6.07) is 24.2. The molecule has 0 radical (unpaired) electrons. The first kappa shape index (κ1) is 23.7. The predicted molar refractivity (Wildman–Crippen MR) is 141 cm³/mol. The molecule has 0 atom stereocenters. The van der Waals surface area contributed by atoms with E-state index in [1.807, 2.05) is 36.4 Å². The number of aliphatic hydroxyl groups excluding tert-OH is 1. The van der Waals surface area contributed by atoms with E-state index in [4.69, 9.17) is 5.11 Å². The fourth-order valence-electron chi connectivity index (χ4n) is 4.68. The number of nitrogens with zero attached hydrogens (tertiary/aromatic N) is 1. The first-order valence-corrected chi connectivity index (χ1v) is 12.2. The van der Waals surface area contributed by atoms with E-state index >= 15 is 0 Å². The Balaban J connectivity index is 1.61. The van der Waals surface area contributed by atoms with Crippen LogP contribution in [0.2, 0.25) is 0 Å². The van der Waals surface area contributed by atoms with E-state index in [0.717, 1.165) is 35.1 Å². The minimum atomic E-state index is -0.434. The Morgan fingerprint density at radius 1 is 1.03 bits per heavy atom. The lowest BCUT2D eigenvalue weighted by Crippen LogP contribution is -2.24. The molecule has 1 amide bonds. The van der Waals surface area contributed by atoms with Gasteiger partial charge in [-0.25, -0.2) is 0 Å². The summed E-state index contributed by atoms with van der Waals surface area (Å²) in [6.45, 7) is 0.129. The van der Waals surface area contributed by atoms with Crippen molar-refractivity contribution in [2.75, 3.05) is 13.2 Å². The maximum atomic E-state index is 14.4. The van der Waals surface area contributed by atoms with Crippen molar-refractivity contribution in [1.29, 1.82) is 0 Å². The highest BCUT2D eigenvalue weighted by Crippen LogP contribution is 2.45. The summed E-state index contributed by atoms with van der Waals surface area (Å²) in [5.41, 5.74) is 7.00. The normalized spacial score (nSPS) is 14.6. The van der Waals surface area contributed by atoms with Gasteiger partial charge in [-0.05, 0) is 70.4 Å². The minimum Gasteiger partial charge on any atom is -0.395 e. The smallest absolute Gasteiger partial charge is 0.244 e. The van der Waals surface area contributed by atoms with Gasteiger partial charge in [-0.3, -0.25) is 9.89 Å². The second kappa shape index (κ2) is 10.7. The summed E-state index contributed by atoms with van der Waals surface area (Å²) in [5.74, 6) is -0.251. The predicted octanol–water partition coefficient (Wildman–Crippen LogP) is 5.58. The molecule has 36 heavy (non-hydrogen) atoms. The molecule has 3 aromatic carbocycles. The summed E-state index contributed by atoms with van der Waals surface area (Å²) < 4.78 is 14.4. The number of H-pyrrole nitrogens is 1. The molecule has 182 valence electrons. The van der Waals surface area contributed by atoms with Gasteiger partial charge in [0.25, 0.3) is 0 Å². The largest absolute Gasteiger partial charge is 0.395 e. The number of allylic oxidation sites excluding steroid dienone is 1. The third kappa shape index (κ3) is 4.99. The van der Waals surface area contributed by atoms with Crippen molar-refractivity contribution in [2.24, 2.45) is 5.92 Å². The third-order valence-electron chi connectivity index (χ3n) is 6.70. The molecule has 1 aliphatic carbocycles. The van der Waals surface area contributed by atoms with Crippen LogP contribution in [0.3, 0.4) is 0 Å². The number of benzene rings is 3. The maximum Gasteiger partial charge on any atom is 0.244 e. The number of carbonyl (C=O) groups is 1. The van der Waals surface area contributed by atoms with Crippen molar-refractivity contribution in [3.63, 3.8) is 0 Å². The summed E-state index contributed by atoms with van der Waals surface area (Å²) in [4.78, 5) is 11.9. The van der Waals surface area contributed by atoms with E-state index in [-0.39, 0.29) is 19.1 Å². The van der Waals surface area contributed by atoms with Crippen LogP contribution in [-0.2, 0) is 4.79 Å². The van der Waals surface area contributed by atoms with Gasteiger partial charge in [-0.1, -0.05) is 67.1 Å². The Kier molecular flexibility index (Phi) is 7.05. The molecule has 5 rings (SSSR count). The molecular weight excluding hydrogens is 453 g/mol. The molecule has 0 bridgehead atoms. The Labute approximate surface area is 209 Å². The van der Waals surface area contributed by atoms with Crippen LogP contribution in [0, 0.1) is 11.9 Å². The van der Waals surface area contributed by atoms with Crippen LogP contribution in [0.1, 0.15) is 41.5 Å². The van der Waals surface area contributed by atoms with Gasteiger partial charge in [-0.2, -0.15) is 9.49 Å². The SMILES string of the molecule is O=C(/C=C/c1ccc(/C(=C(\c2ccccc2)C2CCC2)c2ccc3n[nH]c(F)c3c2)cc1)NCCO. The first-order chi connectivity index (χ1) is 17.6. The highest BCUT2D eigenvalue weighted by atomic mass is 19.1. The highest BCUT2D eigenvalue weighted by molar-refractivity contribution is 6.01. The number of hydrogen-bond donors (Lipinski definition) is 3. The number of fused-ring (bicyclic) bond motifs is 1. The summed E-state index contributed by atoms with van der Waals surface area (Å²) >= 11 is 0. The number of rotatable bonds is 8. The van der Waals surface area contributed by atoms with Crippen LogP contribution in [0.25, 0.3) is 28.1 Å². The quantitative estimate of drug-likeness (QED) is 0.227. The van der Waals surface area contributed by atoms with Crippen molar-refractivity contribution in [3.05, 3.63) is 107 Å². The average Bonchev–Trinajstić information content (AvgIpc) is 3.26.